The van der Waals surface area contributed by atoms with Crippen molar-refractivity contribution in [2.24, 2.45) is 0 Å². The SMILES string of the molecule is C=CS(=O)(=O)Cc1cccc(-c2cc(C#N)c(N3CCN(C(=O)CCOC)[C@H](C)C3)nc2C2CC2)c1. The largest absolute Gasteiger partial charge is 0.384 e. The standard InChI is InChI=1S/C27H32N4O4S/c1-4-36(33,34)18-20-6-5-7-22(14-20)24-15-23(16-28)27(29-26(24)21-8-9-21)30-11-12-31(19(2)17-30)25(32)10-13-35-3/h4-7,14-15,19,21H,1,8-13,17-18H2,2-3H3/t19-/m1/s1. The predicted molar refractivity (Wildman–Crippen MR) is 139 cm³/mol. The fraction of sp³-hybridized carbons (Fsp3) is 0.444. The maximum atomic E-state index is 12.5. The van der Waals surface area contributed by atoms with E-state index < -0.39 is 9.84 Å². The Balaban J connectivity index is 1.65. The van der Waals surface area contributed by atoms with Crippen LogP contribution in [-0.2, 0) is 25.1 Å². The monoisotopic (exact) mass is 508 g/mol. The van der Waals surface area contributed by atoms with Crippen molar-refractivity contribution >= 4 is 21.6 Å². The fourth-order valence-corrected chi connectivity index (χ4v) is 5.48. The van der Waals surface area contributed by atoms with E-state index >= 15 is 0 Å². The molecule has 2 fully saturated rings. The van der Waals surface area contributed by atoms with E-state index in [1.165, 1.54) is 0 Å². The van der Waals surface area contributed by atoms with Crippen LogP contribution in [0.4, 0.5) is 5.82 Å². The first-order chi connectivity index (χ1) is 17.3. The number of piperazine rings is 1. The van der Waals surface area contributed by atoms with E-state index in [0.29, 0.717) is 55.5 Å². The van der Waals surface area contributed by atoms with E-state index in [0.717, 1.165) is 35.1 Å². The lowest BCUT2D eigenvalue weighted by Crippen LogP contribution is -2.54. The first-order valence-electron chi connectivity index (χ1n) is 12.2. The van der Waals surface area contributed by atoms with Gasteiger partial charge in [-0.05, 0) is 37.0 Å². The van der Waals surface area contributed by atoms with E-state index in [1.54, 1.807) is 13.2 Å². The Hall–Kier alpha value is -3.22. The van der Waals surface area contributed by atoms with Crippen molar-refractivity contribution in [3.63, 3.8) is 0 Å². The zero-order chi connectivity index (χ0) is 25.9. The molecule has 190 valence electrons. The van der Waals surface area contributed by atoms with E-state index in [9.17, 15) is 18.5 Å². The van der Waals surface area contributed by atoms with Crippen molar-refractivity contribution in [3.05, 3.63) is 59.1 Å². The van der Waals surface area contributed by atoms with Crippen LogP contribution in [0.15, 0.2) is 42.3 Å². The lowest BCUT2D eigenvalue weighted by Gasteiger charge is -2.41. The van der Waals surface area contributed by atoms with Gasteiger partial charge in [0, 0.05) is 49.7 Å². The minimum Gasteiger partial charge on any atom is -0.384 e. The Labute approximate surface area is 213 Å². The van der Waals surface area contributed by atoms with Crippen molar-refractivity contribution in [1.29, 1.82) is 5.26 Å². The molecule has 1 amide bonds. The average Bonchev–Trinajstić information content (AvgIpc) is 3.72. The Kier molecular flexibility index (Phi) is 7.76. The number of anilines is 1. The number of benzene rings is 1. The van der Waals surface area contributed by atoms with Gasteiger partial charge < -0.3 is 14.5 Å². The molecule has 4 rings (SSSR count). The van der Waals surface area contributed by atoms with Crippen LogP contribution in [-0.4, -0.2) is 63.6 Å². The highest BCUT2D eigenvalue weighted by Crippen LogP contribution is 2.45. The van der Waals surface area contributed by atoms with Gasteiger partial charge in [0.2, 0.25) is 5.91 Å². The van der Waals surface area contributed by atoms with Gasteiger partial charge in [-0.15, -0.1) is 0 Å². The highest BCUT2D eigenvalue weighted by atomic mass is 32.2. The summed E-state index contributed by atoms with van der Waals surface area (Å²) in [5.74, 6) is 0.931. The molecule has 0 spiro atoms. The minimum atomic E-state index is -3.39. The zero-order valence-electron chi connectivity index (χ0n) is 20.8. The fourth-order valence-electron chi connectivity index (χ4n) is 4.71. The maximum absolute atomic E-state index is 12.5. The smallest absolute Gasteiger partial charge is 0.225 e. The number of hydrogen-bond donors (Lipinski definition) is 0. The number of carbonyl (C=O) groups is 1. The number of rotatable bonds is 9. The normalized spacial score (nSPS) is 18.1. The lowest BCUT2D eigenvalue weighted by atomic mass is 9.97. The van der Waals surface area contributed by atoms with Gasteiger partial charge >= 0.3 is 0 Å². The molecule has 0 unspecified atom stereocenters. The number of amides is 1. The third kappa shape index (κ3) is 5.77. The Morgan fingerprint density at radius 3 is 2.72 bits per heavy atom. The highest BCUT2D eigenvalue weighted by Gasteiger charge is 2.33. The van der Waals surface area contributed by atoms with Crippen molar-refractivity contribution in [1.82, 2.24) is 9.88 Å². The van der Waals surface area contributed by atoms with Gasteiger partial charge in [0.15, 0.2) is 9.84 Å². The summed E-state index contributed by atoms with van der Waals surface area (Å²) in [6.45, 7) is 7.58. The van der Waals surface area contributed by atoms with Gasteiger partial charge in [0.05, 0.1) is 30.0 Å². The molecule has 1 atom stereocenters. The summed E-state index contributed by atoms with van der Waals surface area (Å²) in [6.07, 6.45) is 2.43. The number of nitriles is 1. The van der Waals surface area contributed by atoms with Crippen LogP contribution < -0.4 is 4.90 Å². The van der Waals surface area contributed by atoms with Crippen molar-refractivity contribution < 1.29 is 17.9 Å². The number of nitrogens with zero attached hydrogens (tertiary/aromatic N) is 4. The highest BCUT2D eigenvalue weighted by molar-refractivity contribution is 7.93. The molecule has 1 saturated carbocycles. The van der Waals surface area contributed by atoms with E-state index in [-0.39, 0.29) is 17.7 Å². The van der Waals surface area contributed by atoms with Crippen LogP contribution in [0.5, 0.6) is 0 Å². The molecule has 1 aliphatic carbocycles. The molecule has 2 aliphatic rings. The summed E-state index contributed by atoms with van der Waals surface area (Å²) in [4.78, 5) is 21.5. The van der Waals surface area contributed by atoms with Crippen molar-refractivity contribution in [3.8, 4) is 17.2 Å². The number of pyridine rings is 1. The number of ether oxygens (including phenoxy) is 1. The molecular formula is C27H32N4O4S. The van der Waals surface area contributed by atoms with Crippen molar-refractivity contribution in [2.45, 2.75) is 43.9 Å². The molecule has 1 aromatic carbocycles. The molecule has 9 heteroatoms. The summed E-state index contributed by atoms with van der Waals surface area (Å²) in [7, 11) is -1.80. The van der Waals surface area contributed by atoms with Gasteiger partial charge in [-0.2, -0.15) is 5.26 Å². The molecule has 1 aliphatic heterocycles. The lowest BCUT2D eigenvalue weighted by molar-refractivity contribution is -0.134. The summed E-state index contributed by atoms with van der Waals surface area (Å²) in [5, 5.41) is 11.0. The summed E-state index contributed by atoms with van der Waals surface area (Å²) < 4.78 is 29.2. The van der Waals surface area contributed by atoms with Gasteiger partial charge in [0.1, 0.15) is 11.9 Å². The second-order valence-corrected chi connectivity index (χ2v) is 11.4. The van der Waals surface area contributed by atoms with Crippen LogP contribution >= 0.6 is 0 Å². The first kappa shape index (κ1) is 25.9. The second kappa shape index (κ2) is 10.8. The van der Waals surface area contributed by atoms with E-state index in [1.807, 2.05) is 36.1 Å². The average molecular weight is 509 g/mol. The van der Waals surface area contributed by atoms with Gasteiger partial charge in [0.25, 0.3) is 0 Å². The molecule has 0 bridgehead atoms. The van der Waals surface area contributed by atoms with Crippen LogP contribution in [0.3, 0.4) is 0 Å². The van der Waals surface area contributed by atoms with E-state index in [4.69, 9.17) is 9.72 Å². The summed E-state index contributed by atoms with van der Waals surface area (Å²) in [6, 6.07) is 11.6. The predicted octanol–water partition coefficient (Wildman–Crippen LogP) is 3.63. The molecular weight excluding hydrogens is 476 g/mol. The first-order valence-corrected chi connectivity index (χ1v) is 13.9. The quantitative estimate of drug-likeness (QED) is 0.509. The van der Waals surface area contributed by atoms with Crippen LogP contribution in [0, 0.1) is 11.3 Å². The third-order valence-corrected chi connectivity index (χ3v) is 7.99. The van der Waals surface area contributed by atoms with Gasteiger partial charge in [-0.1, -0.05) is 30.8 Å². The molecule has 1 aromatic heterocycles. The Morgan fingerprint density at radius 1 is 1.31 bits per heavy atom. The second-order valence-electron chi connectivity index (χ2n) is 9.48. The molecule has 0 radical (unpaired) electrons. The van der Waals surface area contributed by atoms with Crippen LogP contribution in [0.1, 0.15) is 48.9 Å². The molecule has 1 saturated heterocycles. The minimum absolute atomic E-state index is 0.0102. The Morgan fingerprint density at radius 2 is 2.08 bits per heavy atom. The Bertz CT molecular complexity index is 1300. The molecule has 36 heavy (non-hydrogen) atoms. The van der Waals surface area contributed by atoms with Crippen molar-refractivity contribution in [2.75, 3.05) is 38.3 Å². The number of carbonyl (C=O) groups excluding carboxylic acids is 1. The molecule has 0 N–H and O–H groups in total. The zero-order valence-corrected chi connectivity index (χ0v) is 21.6. The summed E-state index contributed by atoms with van der Waals surface area (Å²) >= 11 is 0. The van der Waals surface area contributed by atoms with Crippen LogP contribution in [0.2, 0.25) is 0 Å². The number of methoxy groups -OCH3 is 1. The number of aromatic nitrogens is 1. The van der Waals surface area contributed by atoms with Crippen LogP contribution in [0.25, 0.3) is 11.1 Å². The molecule has 2 heterocycles. The maximum Gasteiger partial charge on any atom is 0.225 e. The summed E-state index contributed by atoms with van der Waals surface area (Å²) in [5.41, 5.74) is 3.81. The molecule has 8 nitrogen and oxygen atoms in total. The van der Waals surface area contributed by atoms with Gasteiger partial charge in [-0.25, -0.2) is 13.4 Å². The number of hydrogen-bond acceptors (Lipinski definition) is 7. The van der Waals surface area contributed by atoms with E-state index in [2.05, 4.69) is 17.5 Å². The molecule has 2 aromatic rings. The van der Waals surface area contributed by atoms with Gasteiger partial charge in [-0.3, -0.25) is 4.79 Å². The topological polar surface area (TPSA) is 104 Å². The number of sulfone groups is 1. The third-order valence-electron chi connectivity index (χ3n) is 6.74.